The van der Waals surface area contributed by atoms with Gasteiger partial charge in [0.05, 0.1) is 25.7 Å². The summed E-state index contributed by atoms with van der Waals surface area (Å²) in [6.45, 7) is 3.87. The van der Waals surface area contributed by atoms with Gasteiger partial charge in [0.2, 0.25) is 5.89 Å². The van der Waals surface area contributed by atoms with Crippen LogP contribution in [0.4, 0.5) is 0 Å². The van der Waals surface area contributed by atoms with E-state index in [0.29, 0.717) is 45.7 Å². The van der Waals surface area contributed by atoms with Crippen LogP contribution in [0.15, 0.2) is 39.1 Å². The van der Waals surface area contributed by atoms with Gasteiger partial charge in [-0.25, -0.2) is 9.97 Å². The van der Waals surface area contributed by atoms with Crippen molar-refractivity contribution in [3.05, 3.63) is 47.1 Å². The van der Waals surface area contributed by atoms with Crippen molar-refractivity contribution in [2.45, 2.75) is 49.2 Å². The third-order valence-electron chi connectivity index (χ3n) is 4.46. The Labute approximate surface area is 195 Å². The normalized spacial score (nSPS) is 10.9. The average Bonchev–Trinajstić information content (AvgIpc) is 3.23. The Balaban J connectivity index is 1.39. The lowest BCUT2D eigenvalue weighted by Gasteiger charge is -2.09. The molecule has 2 aromatic heterocycles. The van der Waals surface area contributed by atoms with E-state index in [1.54, 1.807) is 14.2 Å². The maximum Gasteiger partial charge on any atom is 0.277 e. The molecule has 2 heterocycles. The summed E-state index contributed by atoms with van der Waals surface area (Å²) in [6.07, 6.45) is 2.04. The van der Waals surface area contributed by atoms with Crippen molar-refractivity contribution in [3.8, 4) is 11.5 Å². The summed E-state index contributed by atoms with van der Waals surface area (Å²) < 4.78 is 16.2. The number of ketones is 1. The van der Waals surface area contributed by atoms with Gasteiger partial charge < -0.3 is 13.9 Å². The van der Waals surface area contributed by atoms with Gasteiger partial charge in [-0.15, -0.1) is 10.2 Å². The zero-order chi connectivity index (χ0) is 22.9. The SMILES string of the molecule is COc1ccc(CCCC(=O)CSc2nnc(CSc3nc(C)cc(C)n3)o2)cc1OC. The van der Waals surface area contributed by atoms with Crippen LogP contribution in [0.1, 0.15) is 35.7 Å². The number of hydrogen-bond donors (Lipinski definition) is 0. The van der Waals surface area contributed by atoms with Crippen molar-refractivity contribution in [3.63, 3.8) is 0 Å². The molecule has 1 aromatic carbocycles. The number of ether oxygens (including phenoxy) is 2. The van der Waals surface area contributed by atoms with Crippen LogP contribution in [0.5, 0.6) is 11.5 Å². The van der Waals surface area contributed by atoms with Gasteiger partial charge in [0.15, 0.2) is 16.7 Å². The third-order valence-corrected chi connectivity index (χ3v) is 6.17. The highest BCUT2D eigenvalue weighted by molar-refractivity contribution is 7.99. The minimum atomic E-state index is 0.147. The highest BCUT2D eigenvalue weighted by atomic mass is 32.2. The molecule has 0 aliphatic carbocycles. The van der Waals surface area contributed by atoms with E-state index >= 15 is 0 Å². The van der Waals surface area contributed by atoms with E-state index in [-0.39, 0.29) is 5.78 Å². The van der Waals surface area contributed by atoms with Gasteiger partial charge in [0, 0.05) is 17.8 Å². The first kappa shape index (κ1) is 24.1. The highest BCUT2D eigenvalue weighted by Gasteiger charge is 2.12. The fraction of sp³-hybridized carbons (Fsp3) is 0.409. The fourth-order valence-corrected chi connectivity index (χ4v) is 4.45. The minimum Gasteiger partial charge on any atom is -0.493 e. The maximum absolute atomic E-state index is 12.2. The molecular formula is C22H26N4O4S2. The second kappa shape index (κ2) is 11.9. The molecule has 0 N–H and O–H groups in total. The first-order valence-electron chi connectivity index (χ1n) is 10.1. The minimum absolute atomic E-state index is 0.147. The van der Waals surface area contributed by atoms with E-state index < -0.39 is 0 Å². The maximum atomic E-state index is 12.2. The van der Waals surface area contributed by atoms with Gasteiger partial charge >= 0.3 is 0 Å². The van der Waals surface area contributed by atoms with E-state index in [0.717, 1.165) is 29.8 Å². The Hall–Kier alpha value is -2.59. The topological polar surface area (TPSA) is 100 Å². The number of thioether (sulfide) groups is 2. The number of carbonyl (C=O) groups is 1. The highest BCUT2D eigenvalue weighted by Crippen LogP contribution is 2.28. The molecule has 0 bridgehead atoms. The van der Waals surface area contributed by atoms with Crippen LogP contribution in [-0.2, 0) is 17.0 Å². The number of aryl methyl sites for hydroxylation is 3. The van der Waals surface area contributed by atoms with Crippen molar-refractivity contribution in [1.29, 1.82) is 0 Å². The van der Waals surface area contributed by atoms with Crippen LogP contribution >= 0.6 is 23.5 Å². The molecule has 3 aromatic rings. The second-order valence-electron chi connectivity index (χ2n) is 7.05. The number of carbonyl (C=O) groups excluding carboxylic acids is 1. The smallest absolute Gasteiger partial charge is 0.277 e. The molecule has 10 heteroatoms. The molecule has 0 saturated heterocycles. The molecule has 0 radical (unpaired) electrons. The van der Waals surface area contributed by atoms with E-state index in [2.05, 4.69) is 20.2 Å². The lowest BCUT2D eigenvalue weighted by atomic mass is 10.1. The Morgan fingerprint density at radius 1 is 1.00 bits per heavy atom. The summed E-state index contributed by atoms with van der Waals surface area (Å²) in [4.78, 5) is 21.0. The number of rotatable bonds is 12. The van der Waals surface area contributed by atoms with Crippen molar-refractivity contribution in [2.75, 3.05) is 20.0 Å². The number of benzene rings is 1. The quantitative estimate of drug-likeness (QED) is 0.276. The Morgan fingerprint density at radius 2 is 1.75 bits per heavy atom. The van der Waals surface area contributed by atoms with Crippen LogP contribution in [0.2, 0.25) is 0 Å². The molecule has 0 atom stereocenters. The number of methoxy groups -OCH3 is 2. The third kappa shape index (κ3) is 7.23. The van der Waals surface area contributed by atoms with Gasteiger partial charge in [-0.05, 0) is 50.5 Å². The molecule has 0 amide bonds. The van der Waals surface area contributed by atoms with Crippen molar-refractivity contribution >= 4 is 29.3 Å². The van der Waals surface area contributed by atoms with Gasteiger partial charge in [-0.3, -0.25) is 4.79 Å². The van der Waals surface area contributed by atoms with Gasteiger partial charge in [0.25, 0.3) is 5.22 Å². The predicted molar refractivity (Wildman–Crippen MR) is 124 cm³/mol. The molecule has 32 heavy (non-hydrogen) atoms. The van der Waals surface area contributed by atoms with Crippen molar-refractivity contribution in [2.24, 2.45) is 0 Å². The number of nitrogens with zero attached hydrogens (tertiary/aromatic N) is 4. The first-order valence-corrected chi connectivity index (χ1v) is 12.1. The summed E-state index contributed by atoms with van der Waals surface area (Å²) in [7, 11) is 3.22. The molecule has 3 rings (SSSR count). The van der Waals surface area contributed by atoms with Crippen LogP contribution in [0, 0.1) is 13.8 Å². The zero-order valence-corrected chi connectivity index (χ0v) is 20.2. The number of Topliss-reactive ketones (excluding diaryl/α,β-unsaturated/α-hetero) is 1. The molecule has 8 nitrogen and oxygen atoms in total. The molecule has 0 spiro atoms. The first-order chi connectivity index (χ1) is 15.5. The van der Waals surface area contributed by atoms with E-state index in [1.165, 1.54) is 23.5 Å². The van der Waals surface area contributed by atoms with E-state index in [9.17, 15) is 4.79 Å². The van der Waals surface area contributed by atoms with Crippen molar-refractivity contribution in [1.82, 2.24) is 20.2 Å². The predicted octanol–water partition coefficient (Wildman–Crippen LogP) is 4.47. The molecule has 0 aliphatic heterocycles. The molecule has 170 valence electrons. The number of hydrogen-bond acceptors (Lipinski definition) is 10. The average molecular weight is 475 g/mol. The Kier molecular flexibility index (Phi) is 8.92. The summed E-state index contributed by atoms with van der Waals surface area (Å²) in [5.41, 5.74) is 2.95. The van der Waals surface area contributed by atoms with Gasteiger partial charge in [-0.2, -0.15) is 0 Å². The monoisotopic (exact) mass is 474 g/mol. The van der Waals surface area contributed by atoms with Crippen molar-refractivity contribution < 1.29 is 18.7 Å². The Morgan fingerprint density at radius 3 is 2.47 bits per heavy atom. The van der Waals surface area contributed by atoms with Crippen LogP contribution < -0.4 is 9.47 Å². The Bertz CT molecular complexity index is 1040. The summed E-state index contributed by atoms with van der Waals surface area (Å²) in [5.74, 6) is 2.81. The molecular weight excluding hydrogens is 448 g/mol. The molecule has 0 unspecified atom stereocenters. The standard InChI is InChI=1S/C22H26N4O4S2/c1-14-10-15(2)24-21(23-14)31-13-20-25-26-22(30-20)32-12-17(27)7-5-6-16-8-9-18(28-3)19(11-16)29-4/h8-11H,5-7,12-13H2,1-4H3. The van der Waals surface area contributed by atoms with Crippen LogP contribution in [-0.4, -0.2) is 45.9 Å². The van der Waals surface area contributed by atoms with Crippen LogP contribution in [0.25, 0.3) is 0 Å². The number of aromatic nitrogens is 4. The largest absolute Gasteiger partial charge is 0.493 e. The van der Waals surface area contributed by atoms with Crippen LogP contribution in [0.3, 0.4) is 0 Å². The van der Waals surface area contributed by atoms with Gasteiger partial charge in [0.1, 0.15) is 5.78 Å². The summed E-state index contributed by atoms with van der Waals surface area (Å²) in [6, 6.07) is 7.74. The second-order valence-corrected chi connectivity index (χ2v) is 8.92. The molecule has 0 saturated carbocycles. The molecule has 0 aliphatic rings. The summed E-state index contributed by atoms with van der Waals surface area (Å²) in [5, 5.41) is 9.13. The summed E-state index contributed by atoms with van der Waals surface area (Å²) >= 11 is 2.71. The van der Waals surface area contributed by atoms with Gasteiger partial charge in [-0.1, -0.05) is 29.6 Å². The fourth-order valence-electron chi connectivity index (χ4n) is 2.98. The molecule has 0 fully saturated rings. The van der Waals surface area contributed by atoms with E-state index in [4.69, 9.17) is 13.9 Å². The lowest BCUT2D eigenvalue weighted by Crippen LogP contribution is -2.02. The lowest BCUT2D eigenvalue weighted by molar-refractivity contribution is -0.116. The zero-order valence-electron chi connectivity index (χ0n) is 18.6. The van der Waals surface area contributed by atoms with E-state index in [1.807, 2.05) is 38.1 Å².